The highest BCUT2D eigenvalue weighted by molar-refractivity contribution is 5.98. The Hall–Kier alpha value is -2.11. The predicted octanol–water partition coefficient (Wildman–Crippen LogP) is 4.74. The van der Waals surface area contributed by atoms with Crippen molar-refractivity contribution >= 4 is 11.7 Å². The first-order chi connectivity index (χ1) is 13.1. The van der Waals surface area contributed by atoms with Gasteiger partial charge in [0.15, 0.2) is 11.5 Å². The van der Waals surface area contributed by atoms with E-state index in [9.17, 15) is 9.90 Å². The van der Waals surface area contributed by atoms with Crippen LogP contribution in [0.2, 0.25) is 0 Å². The van der Waals surface area contributed by atoms with Crippen molar-refractivity contribution in [1.82, 2.24) is 0 Å². The van der Waals surface area contributed by atoms with Crippen molar-refractivity contribution in [3.63, 3.8) is 0 Å². The largest absolute Gasteiger partial charge is 0.490 e. The van der Waals surface area contributed by atoms with Crippen LogP contribution in [0, 0.1) is 0 Å². The van der Waals surface area contributed by atoms with E-state index in [0.29, 0.717) is 55.3 Å². The van der Waals surface area contributed by atoms with Gasteiger partial charge in [0.05, 0.1) is 31.1 Å². The summed E-state index contributed by atoms with van der Waals surface area (Å²) in [6.07, 6.45) is 5.71. The summed E-state index contributed by atoms with van der Waals surface area (Å²) in [5.74, 6) is 0.415. The number of ether oxygens (including phenoxy) is 3. The molecule has 0 aliphatic heterocycles. The molecule has 0 radical (unpaired) electrons. The molecule has 0 bridgehead atoms. The van der Waals surface area contributed by atoms with Gasteiger partial charge in [-0.05, 0) is 40.5 Å². The van der Waals surface area contributed by atoms with Gasteiger partial charge >= 0.3 is 5.97 Å². The fraction of sp³-hybridized carbons (Fsp3) is 0.667. The number of hydrogen-bond donors (Lipinski definition) is 1. The Morgan fingerprint density at radius 1 is 1.00 bits per heavy atom. The topological polar surface area (TPSA) is 68.2 Å². The zero-order valence-electron chi connectivity index (χ0n) is 17.0. The second kappa shape index (κ2) is 10.3. The van der Waals surface area contributed by atoms with Crippen LogP contribution in [0.3, 0.4) is 0 Å². The molecule has 1 aliphatic rings. The third-order valence-corrected chi connectivity index (χ3v) is 4.93. The maximum atomic E-state index is 12.1. The lowest BCUT2D eigenvalue weighted by Gasteiger charge is -2.37. The van der Waals surface area contributed by atoms with Crippen molar-refractivity contribution in [2.45, 2.75) is 65.8 Å². The second-order valence-electron chi connectivity index (χ2n) is 6.61. The number of rotatable bonds is 10. The molecular formula is C21H33NO5. The lowest BCUT2D eigenvalue weighted by atomic mass is 9.93. The Morgan fingerprint density at radius 3 is 2.11 bits per heavy atom. The standard InChI is InChI=1S/C21H33NO5/c1-5-22(15-12-10-9-11-13-15)18-16(21(23)24)14-17(25-6-2)19(26-7-3)20(18)27-8-4/h14-15H,5-13H2,1-4H3,(H,23,24). The van der Waals surface area contributed by atoms with Crippen LogP contribution in [0.4, 0.5) is 5.69 Å². The highest BCUT2D eigenvalue weighted by atomic mass is 16.5. The zero-order valence-corrected chi connectivity index (χ0v) is 17.0. The lowest BCUT2D eigenvalue weighted by molar-refractivity contribution is 0.0696. The normalized spacial score (nSPS) is 14.7. The average molecular weight is 379 g/mol. The van der Waals surface area contributed by atoms with E-state index >= 15 is 0 Å². The van der Waals surface area contributed by atoms with Gasteiger partial charge in [0.2, 0.25) is 5.75 Å². The van der Waals surface area contributed by atoms with E-state index in [1.54, 1.807) is 6.07 Å². The van der Waals surface area contributed by atoms with Crippen LogP contribution >= 0.6 is 0 Å². The number of carboxylic acids is 1. The van der Waals surface area contributed by atoms with Gasteiger partial charge in [-0.3, -0.25) is 0 Å². The number of carbonyl (C=O) groups is 1. The summed E-state index contributed by atoms with van der Waals surface area (Å²) in [7, 11) is 0. The third-order valence-electron chi connectivity index (χ3n) is 4.93. The van der Waals surface area contributed by atoms with Crippen LogP contribution in [-0.2, 0) is 0 Å². The summed E-state index contributed by atoms with van der Waals surface area (Å²) < 4.78 is 17.5. The Bertz CT molecular complexity index is 625. The number of anilines is 1. The molecule has 1 fully saturated rings. The molecule has 0 unspecified atom stereocenters. The van der Waals surface area contributed by atoms with E-state index < -0.39 is 5.97 Å². The quantitative estimate of drug-likeness (QED) is 0.633. The molecule has 6 nitrogen and oxygen atoms in total. The van der Waals surface area contributed by atoms with Crippen LogP contribution < -0.4 is 19.1 Å². The molecule has 0 heterocycles. The highest BCUT2D eigenvalue weighted by Gasteiger charge is 2.31. The van der Waals surface area contributed by atoms with Gasteiger partial charge in [0.1, 0.15) is 0 Å². The fourth-order valence-electron chi connectivity index (χ4n) is 3.87. The van der Waals surface area contributed by atoms with Crippen molar-refractivity contribution in [3.8, 4) is 17.2 Å². The van der Waals surface area contributed by atoms with Gasteiger partial charge in [0, 0.05) is 18.7 Å². The average Bonchev–Trinajstić information content (AvgIpc) is 2.67. The van der Waals surface area contributed by atoms with Crippen LogP contribution in [0.1, 0.15) is 70.2 Å². The van der Waals surface area contributed by atoms with Gasteiger partial charge in [-0.1, -0.05) is 19.3 Å². The number of hydrogen-bond acceptors (Lipinski definition) is 5. The molecule has 6 heteroatoms. The fourth-order valence-corrected chi connectivity index (χ4v) is 3.87. The van der Waals surface area contributed by atoms with Gasteiger partial charge in [-0.15, -0.1) is 0 Å². The van der Waals surface area contributed by atoms with E-state index in [0.717, 1.165) is 12.8 Å². The first-order valence-corrected chi connectivity index (χ1v) is 10.2. The number of aromatic carboxylic acids is 1. The lowest BCUT2D eigenvalue weighted by Crippen LogP contribution is -2.38. The van der Waals surface area contributed by atoms with E-state index in [1.165, 1.54) is 19.3 Å². The van der Waals surface area contributed by atoms with Crippen LogP contribution in [-0.4, -0.2) is 43.5 Å². The first kappa shape index (κ1) is 21.2. The second-order valence-corrected chi connectivity index (χ2v) is 6.61. The van der Waals surface area contributed by atoms with E-state index in [2.05, 4.69) is 11.8 Å². The summed E-state index contributed by atoms with van der Waals surface area (Å²) in [5, 5.41) is 9.94. The van der Waals surface area contributed by atoms with Crippen molar-refractivity contribution in [2.75, 3.05) is 31.3 Å². The van der Waals surface area contributed by atoms with Gasteiger partial charge < -0.3 is 24.2 Å². The van der Waals surface area contributed by atoms with E-state index in [1.807, 2.05) is 20.8 Å². The summed E-state index contributed by atoms with van der Waals surface area (Å²) in [5.41, 5.74) is 0.823. The minimum atomic E-state index is -0.982. The van der Waals surface area contributed by atoms with E-state index in [4.69, 9.17) is 14.2 Å². The summed E-state index contributed by atoms with van der Waals surface area (Å²) in [6, 6.07) is 1.90. The Balaban J connectivity index is 2.69. The molecule has 0 spiro atoms. The molecule has 1 aromatic carbocycles. The predicted molar refractivity (Wildman–Crippen MR) is 107 cm³/mol. The summed E-state index contributed by atoms with van der Waals surface area (Å²) >= 11 is 0. The van der Waals surface area contributed by atoms with Crippen molar-refractivity contribution in [3.05, 3.63) is 11.6 Å². The van der Waals surface area contributed by atoms with Crippen LogP contribution in [0.25, 0.3) is 0 Å². The molecule has 0 atom stereocenters. The molecule has 1 saturated carbocycles. The summed E-state index contributed by atoms with van der Waals surface area (Å²) in [4.78, 5) is 14.3. The monoisotopic (exact) mass is 379 g/mol. The van der Waals surface area contributed by atoms with Gasteiger partial charge in [0.25, 0.3) is 0 Å². The Morgan fingerprint density at radius 2 is 1.59 bits per heavy atom. The third kappa shape index (κ3) is 4.79. The molecule has 1 aromatic rings. The molecular weight excluding hydrogens is 346 g/mol. The molecule has 2 rings (SSSR count). The van der Waals surface area contributed by atoms with Crippen molar-refractivity contribution in [1.29, 1.82) is 0 Å². The van der Waals surface area contributed by atoms with E-state index in [-0.39, 0.29) is 5.56 Å². The van der Waals surface area contributed by atoms with Gasteiger partial charge in [-0.25, -0.2) is 4.79 Å². The molecule has 0 saturated heterocycles. The van der Waals surface area contributed by atoms with Crippen molar-refractivity contribution < 1.29 is 24.1 Å². The number of carboxylic acid groups (broad SMARTS) is 1. The SMILES string of the molecule is CCOc1cc(C(=O)O)c(N(CC)C2CCCCC2)c(OCC)c1OCC. The number of nitrogens with zero attached hydrogens (tertiary/aromatic N) is 1. The molecule has 152 valence electrons. The minimum Gasteiger partial charge on any atom is -0.490 e. The molecule has 0 amide bonds. The molecule has 1 aliphatic carbocycles. The highest BCUT2D eigenvalue weighted by Crippen LogP contribution is 2.48. The van der Waals surface area contributed by atoms with Crippen LogP contribution in [0.15, 0.2) is 6.07 Å². The maximum Gasteiger partial charge on any atom is 0.338 e. The first-order valence-electron chi connectivity index (χ1n) is 10.2. The Kier molecular flexibility index (Phi) is 8.07. The van der Waals surface area contributed by atoms with Gasteiger partial charge in [-0.2, -0.15) is 0 Å². The van der Waals surface area contributed by atoms with Crippen LogP contribution in [0.5, 0.6) is 17.2 Å². The van der Waals surface area contributed by atoms with Crippen molar-refractivity contribution in [2.24, 2.45) is 0 Å². The Labute approximate surface area is 162 Å². The number of benzene rings is 1. The smallest absolute Gasteiger partial charge is 0.338 e. The summed E-state index contributed by atoms with van der Waals surface area (Å²) in [6.45, 7) is 9.72. The maximum absolute atomic E-state index is 12.1. The molecule has 27 heavy (non-hydrogen) atoms. The minimum absolute atomic E-state index is 0.206. The molecule has 0 aromatic heterocycles. The molecule has 1 N–H and O–H groups in total. The zero-order chi connectivity index (χ0) is 19.8.